The predicted octanol–water partition coefficient (Wildman–Crippen LogP) is 4.22. The Morgan fingerprint density at radius 1 is 0.929 bits per heavy atom. The van der Waals surface area contributed by atoms with Gasteiger partial charge in [-0.15, -0.1) is 0 Å². The van der Waals surface area contributed by atoms with Crippen molar-refractivity contribution in [2.24, 2.45) is 0 Å². The normalized spacial score (nSPS) is 10.9. The van der Waals surface area contributed by atoms with Crippen LogP contribution in [-0.4, -0.2) is 30.2 Å². The van der Waals surface area contributed by atoms with Crippen molar-refractivity contribution in [2.45, 2.75) is 0 Å². The van der Waals surface area contributed by atoms with Gasteiger partial charge >= 0.3 is 12.0 Å². The Kier molecular flexibility index (Phi) is 6.20. The molecule has 0 aliphatic heterocycles. The van der Waals surface area contributed by atoms with Crippen molar-refractivity contribution in [2.75, 3.05) is 14.2 Å². The lowest BCUT2D eigenvalue weighted by Crippen LogP contribution is -2.06. The minimum atomic E-state index is -0.556. The summed E-state index contributed by atoms with van der Waals surface area (Å²) in [6, 6.07) is 17.9. The summed E-state index contributed by atoms with van der Waals surface area (Å²) in [4.78, 5) is 20.4. The highest BCUT2D eigenvalue weighted by Gasteiger charge is 2.18. The minimum Gasteiger partial charge on any atom is -0.503 e. The molecule has 28 heavy (non-hydrogen) atoms. The van der Waals surface area contributed by atoms with E-state index in [9.17, 15) is 4.79 Å². The SMILES string of the molecule is CO/C=C(/C(=O)OC)c1ccccc1Oc1nccc(Oc2ccccc2)n1. The Morgan fingerprint density at radius 3 is 2.43 bits per heavy atom. The van der Waals surface area contributed by atoms with E-state index in [1.165, 1.54) is 26.7 Å². The maximum atomic E-state index is 12.1. The molecule has 0 atom stereocenters. The Bertz CT molecular complexity index is 973. The monoisotopic (exact) mass is 378 g/mol. The Hall–Kier alpha value is -3.87. The smallest absolute Gasteiger partial charge is 0.341 e. The third kappa shape index (κ3) is 4.64. The molecule has 2 aromatic carbocycles. The highest BCUT2D eigenvalue weighted by atomic mass is 16.5. The maximum Gasteiger partial charge on any atom is 0.341 e. The van der Waals surface area contributed by atoms with Gasteiger partial charge in [-0.05, 0) is 18.2 Å². The van der Waals surface area contributed by atoms with Gasteiger partial charge in [0.1, 0.15) is 17.1 Å². The molecule has 1 heterocycles. The first kappa shape index (κ1) is 18.9. The number of para-hydroxylation sites is 2. The number of aromatic nitrogens is 2. The van der Waals surface area contributed by atoms with Gasteiger partial charge in [0.15, 0.2) is 0 Å². The fourth-order valence-corrected chi connectivity index (χ4v) is 2.37. The number of rotatable bonds is 7. The summed E-state index contributed by atoms with van der Waals surface area (Å²) in [5, 5.41) is 0. The molecule has 7 nitrogen and oxygen atoms in total. The lowest BCUT2D eigenvalue weighted by atomic mass is 10.1. The van der Waals surface area contributed by atoms with Crippen LogP contribution in [0.15, 0.2) is 73.1 Å². The molecule has 142 valence electrons. The van der Waals surface area contributed by atoms with Crippen LogP contribution >= 0.6 is 0 Å². The lowest BCUT2D eigenvalue weighted by molar-refractivity contribution is -0.133. The number of hydrogen-bond acceptors (Lipinski definition) is 7. The van der Waals surface area contributed by atoms with Crippen molar-refractivity contribution < 1.29 is 23.7 Å². The molecule has 0 saturated carbocycles. The van der Waals surface area contributed by atoms with Crippen LogP contribution in [0.1, 0.15) is 5.56 Å². The highest BCUT2D eigenvalue weighted by molar-refractivity contribution is 6.17. The number of esters is 1. The molecule has 7 heteroatoms. The molecule has 0 spiro atoms. The zero-order valence-electron chi connectivity index (χ0n) is 15.4. The first-order valence-electron chi connectivity index (χ1n) is 8.35. The second kappa shape index (κ2) is 9.18. The molecule has 0 N–H and O–H groups in total. The van der Waals surface area contributed by atoms with Crippen molar-refractivity contribution >= 4 is 11.5 Å². The second-order valence-corrected chi connectivity index (χ2v) is 5.45. The number of carbonyl (C=O) groups excluding carboxylic acids is 1. The van der Waals surface area contributed by atoms with E-state index in [1.54, 1.807) is 30.3 Å². The van der Waals surface area contributed by atoms with Crippen molar-refractivity contribution in [3.05, 3.63) is 78.7 Å². The number of benzene rings is 2. The maximum absolute atomic E-state index is 12.1. The largest absolute Gasteiger partial charge is 0.503 e. The molecule has 0 unspecified atom stereocenters. The van der Waals surface area contributed by atoms with Crippen LogP contribution < -0.4 is 9.47 Å². The topological polar surface area (TPSA) is 79.8 Å². The van der Waals surface area contributed by atoms with E-state index in [2.05, 4.69) is 9.97 Å². The molecule has 0 aliphatic rings. The zero-order chi connectivity index (χ0) is 19.8. The zero-order valence-corrected chi connectivity index (χ0v) is 15.4. The van der Waals surface area contributed by atoms with Gasteiger partial charge < -0.3 is 18.9 Å². The molecular weight excluding hydrogens is 360 g/mol. The van der Waals surface area contributed by atoms with Gasteiger partial charge in [0.05, 0.1) is 20.5 Å². The van der Waals surface area contributed by atoms with E-state index >= 15 is 0 Å². The number of ether oxygens (including phenoxy) is 4. The molecule has 0 radical (unpaired) electrons. The molecule has 1 aromatic heterocycles. The number of carbonyl (C=O) groups is 1. The van der Waals surface area contributed by atoms with Gasteiger partial charge in [-0.25, -0.2) is 9.78 Å². The first-order chi connectivity index (χ1) is 13.7. The van der Waals surface area contributed by atoms with Gasteiger partial charge in [-0.3, -0.25) is 0 Å². The van der Waals surface area contributed by atoms with Crippen LogP contribution in [0, 0.1) is 0 Å². The second-order valence-electron chi connectivity index (χ2n) is 5.45. The molecule has 0 aliphatic carbocycles. The van der Waals surface area contributed by atoms with E-state index in [4.69, 9.17) is 18.9 Å². The van der Waals surface area contributed by atoms with Gasteiger partial charge in [0, 0.05) is 17.8 Å². The van der Waals surface area contributed by atoms with E-state index in [0.717, 1.165) is 0 Å². The van der Waals surface area contributed by atoms with Crippen LogP contribution in [-0.2, 0) is 14.3 Å². The minimum absolute atomic E-state index is 0.0718. The molecule has 3 aromatic rings. The van der Waals surface area contributed by atoms with E-state index in [1.807, 2.05) is 30.3 Å². The number of methoxy groups -OCH3 is 2. The van der Waals surface area contributed by atoms with Gasteiger partial charge in [0.25, 0.3) is 0 Å². The fourth-order valence-electron chi connectivity index (χ4n) is 2.37. The standard InChI is InChI=1S/C21H18N2O5/c1-25-14-17(20(24)26-2)16-10-6-7-11-18(16)28-21-22-13-12-19(23-21)27-15-8-4-3-5-9-15/h3-14H,1-2H3/b17-14+. The highest BCUT2D eigenvalue weighted by Crippen LogP contribution is 2.30. The summed E-state index contributed by atoms with van der Waals surface area (Å²) >= 11 is 0. The quantitative estimate of drug-likeness (QED) is 0.346. The van der Waals surface area contributed by atoms with E-state index in [-0.39, 0.29) is 11.6 Å². The number of nitrogens with zero attached hydrogens (tertiary/aromatic N) is 2. The lowest BCUT2D eigenvalue weighted by Gasteiger charge is -2.12. The van der Waals surface area contributed by atoms with Gasteiger partial charge in [-0.1, -0.05) is 36.4 Å². The van der Waals surface area contributed by atoms with Crippen molar-refractivity contribution in [1.82, 2.24) is 9.97 Å². The Labute approximate surface area is 162 Å². The summed E-state index contributed by atoms with van der Waals surface area (Å²) in [5.41, 5.74) is 0.687. The third-order valence-corrected chi connectivity index (χ3v) is 3.59. The summed E-state index contributed by atoms with van der Waals surface area (Å²) < 4.78 is 21.3. The summed E-state index contributed by atoms with van der Waals surface area (Å²) in [7, 11) is 2.74. The molecular formula is C21H18N2O5. The Balaban J connectivity index is 1.87. The van der Waals surface area contributed by atoms with Crippen LogP contribution in [0.25, 0.3) is 5.57 Å². The summed E-state index contributed by atoms with van der Waals surface area (Å²) in [6.07, 6.45) is 2.82. The average molecular weight is 378 g/mol. The van der Waals surface area contributed by atoms with E-state index < -0.39 is 5.97 Å². The van der Waals surface area contributed by atoms with Crippen LogP contribution in [0.4, 0.5) is 0 Å². The molecule has 3 rings (SSSR count). The Morgan fingerprint density at radius 2 is 1.68 bits per heavy atom. The predicted molar refractivity (Wildman–Crippen MR) is 102 cm³/mol. The van der Waals surface area contributed by atoms with Crippen molar-refractivity contribution in [1.29, 1.82) is 0 Å². The van der Waals surface area contributed by atoms with Gasteiger partial charge in [-0.2, -0.15) is 4.98 Å². The summed E-state index contributed by atoms with van der Waals surface area (Å²) in [6.45, 7) is 0. The van der Waals surface area contributed by atoms with Crippen LogP contribution in [0.2, 0.25) is 0 Å². The third-order valence-electron chi connectivity index (χ3n) is 3.59. The average Bonchev–Trinajstić information content (AvgIpc) is 2.73. The van der Waals surface area contributed by atoms with Crippen LogP contribution in [0.3, 0.4) is 0 Å². The molecule has 0 bridgehead atoms. The van der Waals surface area contributed by atoms with Gasteiger partial charge in [0.2, 0.25) is 5.88 Å². The first-order valence-corrected chi connectivity index (χ1v) is 8.35. The van der Waals surface area contributed by atoms with Crippen LogP contribution in [0.5, 0.6) is 23.4 Å². The fraction of sp³-hybridized carbons (Fsp3) is 0.0952. The summed E-state index contributed by atoms with van der Waals surface area (Å²) in [5.74, 6) is 0.783. The molecule has 0 fully saturated rings. The van der Waals surface area contributed by atoms with E-state index in [0.29, 0.717) is 22.9 Å². The number of hydrogen-bond donors (Lipinski definition) is 0. The molecule has 0 saturated heterocycles. The van der Waals surface area contributed by atoms with Crippen molar-refractivity contribution in [3.63, 3.8) is 0 Å². The van der Waals surface area contributed by atoms with Crippen molar-refractivity contribution in [3.8, 4) is 23.4 Å². The molecule has 0 amide bonds.